The number of rotatable bonds is 2. The van der Waals surface area contributed by atoms with Gasteiger partial charge in [0.15, 0.2) is 0 Å². The fourth-order valence-corrected chi connectivity index (χ4v) is 2.79. The lowest BCUT2D eigenvalue weighted by Gasteiger charge is -2.37. The highest BCUT2D eigenvalue weighted by atomic mass is 79.9. The molecule has 94 valence electrons. The Kier molecular flexibility index (Phi) is 4.05. The topological polar surface area (TPSA) is 12.5 Å². The highest BCUT2D eigenvalue weighted by molar-refractivity contribution is 9.08. The minimum atomic E-state index is -0.183. The molecule has 0 unspecified atom stereocenters. The molecule has 1 heterocycles. The summed E-state index contributed by atoms with van der Waals surface area (Å²) in [7, 11) is 0. The van der Waals surface area contributed by atoms with Crippen molar-refractivity contribution in [3.63, 3.8) is 0 Å². The number of anilines is 1. The van der Waals surface area contributed by atoms with Gasteiger partial charge >= 0.3 is 0 Å². The van der Waals surface area contributed by atoms with Gasteiger partial charge in [0.2, 0.25) is 0 Å². The molecular formula is C13H17BrFNO. The first-order valence-corrected chi connectivity index (χ1v) is 6.97. The number of hydrogen-bond acceptors (Lipinski definition) is 2. The van der Waals surface area contributed by atoms with E-state index in [1.165, 1.54) is 6.07 Å². The van der Waals surface area contributed by atoms with Crippen molar-refractivity contribution in [2.45, 2.75) is 31.4 Å². The van der Waals surface area contributed by atoms with E-state index in [0.717, 1.165) is 24.3 Å². The predicted molar refractivity (Wildman–Crippen MR) is 71.3 cm³/mol. The molecule has 0 aromatic heterocycles. The lowest BCUT2D eigenvalue weighted by Crippen LogP contribution is -2.45. The molecule has 1 aromatic carbocycles. The number of morpholine rings is 1. The Morgan fingerprint density at radius 2 is 2.00 bits per heavy atom. The van der Waals surface area contributed by atoms with Crippen molar-refractivity contribution in [1.29, 1.82) is 0 Å². The number of nitrogens with zero attached hydrogens (tertiary/aromatic N) is 1. The molecule has 0 amide bonds. The average molecular weight is 302 g/mol. The molecule has 4 heteroatoms. The Morgan fingerprint density at radius 3 is 2.59 bits per heavy atom. The van der Waals surface area contributed by atoms with Crippen molar-refractivity contribution >= 4 is 21.6 Å². The molecule has 2 nitrogen and oxygen atoms in total. The SMILES string of the molecule is C[C@@H]1CN(c2ccc(F)cc2CBr)C[C@H](C)O1. The van der Waals surface area contributed by atoms with Gasteiger partial charge in [-0.05, 0) is 37.6 Å². The maximum atomic E-state index is 13.2. The summed E-state index contributed by atoms with van der Waals surface area (Å²) in [5, 5.41) is 0.667. The summed E-state index contributed by atoms with van der Waals surface area (Å²) in [6.07, 6.45) is 0.430. The molecule has 1 aliphatic rings. The second-order valence-electron chi connectivity index (χ2n) is 4.57. The quantitative estimate of drug-likeness (QED) is 0.777. The lowest BCUT2D eigenvalue weighted by molar-refractivity contribution is -0.00525. The summed E-state index contributed by atoms with van der Waals surface area (Å²) in [6.45, 7) is 5.85. The number of alkyl halides is 1. The minimum absolute atomic E-state index is 0.183. The van der Waals surface area contributed by atoms with Crippen LogP contribution in [0.2, 0.25) is 0 Å². The van der Waals surface area contributed by atoms with Crippen molar-refractivity contribution in [3.8, 4) is 0 Å². The zero-order valence-corrected chi connectivity index (χ0v) is 11.7. The van der Waals surface area contributed by atoms with Crippen LogP contribution in [-0.4, -0.2) is 25.3 Å². The lowest BCUT2D eigenvalue weighted by atomic mass is 10.1. The molecule has 2 rings (SSSR count). The monoisotopic (exact) mass is 301 g/mol. The summed E-state index contributed by atoms with van der Waals surface area (Å²) in [5.41, 5.74) is 2.09. The number of halogens is 2. The molecule has 1 saturated heterocycles. The molecule has 0 saturated carbocycles. The third-order valence-corrected chi connectivity index (χ3v) is 3.55. The van der Waals surface area contributed by atoms with Gasteiger partial charge in [0.1, 0.15) is 5.82 Å². The van der Waals surface area contributed by atoms with Gasteiger partial charge in [-0.15, -0.1) is 0 Å². The second-order valence-corrected chi connectivity index (χ2v) is 5.13. The Bertz CT molecular complexity index is 389. The standard InChI is InChI=1S/C13H17BrFNO/c1-9-7-16(8-10(2)17-9)13-4-3-12(15)5-11(13)6-14/h3-5,9-10H,6-8H2,1-2H3/t9-,10+. The first-order valence-electron chi connectivity index (χ1n) is 5.85. The highest BCUT2D eigenvalue weighted by Crippen LogP contribution is 2.26. The molecular weight excluding hydrogens is 285 g/mol. The highest BCUT2D eigenvalue weighted by Gasteiger charge is 2.23. The van der Waals surface area contributed by atoms with E-state index in [0.29, 0.717) is 5.33 Å². The van der Waals surface area contributed by atoms with Crippen LogP contribution in [0, 0.1) is 5.82 Å². The number of benzene rings is 1. The van der Waals surface area contributed by atoms with E-state index < -0.39 is 0 Å². The fraction of sp³-hybridized carbons (Fsp3) is 0.538. The van der Waals surface area contributed by atoms with Crippen molar-refractivity contribution in [2.24, 2.45) is 0 Å². The van der Waals surface area contributed by atoms with E-state index in [9.17, 15) is 4.39 Å². The van der Waals surface area contributed by atoms with Crippen LogP contribution in [0.1, 0.15) is 19.4 Å². The second kappa shape index (κ2) is 5.36. The van der Waals surface area contributed by atoms with Crippen LogP contribution in [0.25, 0.3) is 0 Å². The Balaban J connectivity index is 2.26. The molecule has 2 atom stereocenters. The van der Waals surface area contributed by atoms with Crippen molar-refractivity contribution < 1.29 is 9.13 Å². The van der Waals surface area contributed by atoms with E-state index in [4.69, 9.17) is 4.74 Å². The number of ether oxygens (including phenoxy) is 1. The van der Waals surface area contributed by atoms with Crippen molar-refractivity contribution in [1.82, 2.24) is 0 Å². The van der Waals surface area contributed by atoms with Crippen molar-refractivity contribution in [3.05, 3.63) is 29.6 Å². The zero-order valence-electron chi connectivity index (χ0n) is 10.1. The molecule has 1 fully saturated rings. The summed E-state index contributed by atoms with van der Waals surface area (Å²) in [5.74, 6) is -0.183. The Morgan fingerprint density at radius 1 is 1.35 bits per heavy atom. The molecule has 0 spiro atoms. The van der Waals surface area contributed by atoms with E-state index in [1.54, 1.807) is 6.07 Å². The van der Waals surface area contributed by atoms with Crippen LogP contribution < -0.4 is 4.90 Å². The smallest absolute Gasteiger partial charge is 0.123 e. The maximum absolute atomic E-state index is 13.2. The third kappa shape index (κ3) is 2.99. The predicted octanol–water partition coefficient (Wildman–Crippen LogP) is 3.33. The summed E-state index contributed by atoms with van der Waals surface area (Å²) >= 11 is 3.41. The Hall–Kier alpha value is -0.610. The molecule has 0 aliphatic carbocycles. The van der Waals surface area contributed by atoms with Crippen molar-refractivity contribution in [2.75, 3.05) is 18.0 Å². The van der Waals surface area contributed by atoms with Gasteiger partial charge in [0, 0.05) is 24.1 Å². The maximum Gasteiger partial charge on any atom is 0.123 e. The van der Waals surface area contributed by atoms with E-state index in [1.807, 2.05) is 6.07 Å². The van der Waals surface area contributed by atoms with Crippen LogP contribution in [0.5, 0.6) is 0 Å². The number of hydrogen-bond donors (Lipinski definition) is 0. The normalized spacial score (nSPS) is 25.1. The molecule has 0 radical (unpaired) electrons. The van der Waals surface area contributed by atoms with E-state index in [2.05, 4.69) is 34.7 Å². The van der Waals surface area contributed by atoms with Gasteiger partial charge in [0.05, 0.1) is 12.2 Å². The fourth-order valence-electron chi connectivity index (χ4n) is 2.34. The van der Waals surface area contributed by atoms with Crippen LogP contribution in [0.15, 0.2) is 18.2 Å². The average Bonchev–Trinajstić information content (AvgIpc) is 2.27. The summed E-state index contributed by atoms with van der Waals surface area (Å²) in [6, 6.07) is 4.97. The largest absolute Gasteiger partial charge is 0.372 e. The Labute approximate surface area is 110 Å². The zero-order chi connectivity index (χ0) is 12.4. The van der Waals surface area contributed by atoms with E-state index in [-0.39, 0.29) is 18.0 Å². The first-order chi connectivity index (χ1) is 8.10. The molecule has 0 bridgehead atoms. The van der Waals surface area contributed by atoms with Gasteiger partial charge in [-0.1, -0.05) is 15.9 Å². The summed E-state index contributed by atoms with van der Waals surface area (Å²) in [4.78, 5) is 2.27. The first kappa shape index (κ1) is 12.8. The van der Waals surface area contributed by atoms with Crippen LogP contribution >= 0.6 is 15.9 Å². The van der Waals surface area contributed by atoms with Gasteiger partial charge in [0.25, 0.3) is 0 Å². The molecule has 0 N–H and O–H groups in total. The molecule has 1 aliphatic heterocycles. The van der Waals surface area contributed by atoms with Gasteiger partial charge in [-0.3, -0.25) is 0 Å². The molecule has 17 heavy (non-hydrogen) atoms. The summed E-state index contributed by atoms with van der Waals surface area (Å²) < 4.78 is 18.9. The van der Waals surface area contributed by atoms with Gasteiger partial charge < -0.3 is 9.64 Å². The van der Waals surface area contributed by atoms with Crippen LogP contribution in [0.4, 0.5) is 10.1 Å². The van der Waals surface area contributed by atoms with E-state index >= 15 is 0 Å². The van der Waals surface area contributed by atoms with Gasteiger partial charge in [-0.25, -0.2) is 4.39 Å². The molecule has 1 aromatic rings. The van der Waals surface area contributed by atoms with Gasteiger partial charge in [-0.2, -0.15) is 0 Å². The van der Waals surface area contributed by atoms with Crippen LogP contribution in [-0.2, 0) is 10.1 Å². The third-order valence-electron chi connectivity index (χ3n) is 2.95. The minimum Gasteiger partial charge on any atom is -0.372 e. The van der Waals surface area contributed by atoms with Crippen LogP contribution in [0.3, 0.4) is 0 Å².